The highest BCUT2D eigenvalue weighted by Crippen LogP contribution is 2.17. The average molecular weight is 265 g/mol. The van der Waals surface area contributed by atoms with Gasteiger partial charge in [-0.05, 0) is 26.7 Å². The number of piperazine rings is 1. The van der Waals surface area contributed by atoms with E-state index in [1.807, 2.05) is 25.7 Å². The molecule has 1 amide bonds. The Morgan fingerprint density at radius 3 is 2.47 bits per heavy atom. The molecule has 0 bridgehead atoms. The van der Waals surface area contributed by atoms with Crippen LogP contribution in [0.1, 0.15) is 34.6 Å². The zero-order chi connectivity index (χ0) is 12.3. The van der Waals surface area contributed by atoms with E-state index in [2.05, 4.69) is 19.2 Å². The van der Waals surface area contributed by atoms with Crippen LogP contribution in [-0.4, -0.2) is 42.3 Å². The first-order valence-corrected chi connectivity index (χ1v) is 6.01. The van der Waals surface area contributed by atoms with E-state index in [9.17, 15) is 4.79 Å². The molecule has 1 saturated heterocycles. The standard InChI is InChI=1S/C12H24N2O2.ClH/c1-9(2)10-8-13-6-7-14(10)11(15)16-12(3,4)5;/h9-10,13H,6-8H2,1-5H3;1H. The molecule has 1 aliphatic rings. The van der Waals surface area contributed by atoms with Crippen LogP contribution in [0, 0.1) is 5.92 Å². The van der Waals surface area contributed by atoms with E-state index in [1.165, 1.54) is 0 Å². The van der Waals surface area contributed by atoms with Gasteiger partial charge >= 0.3 is 6.09 Å². The van der Waals surface area contributed by atoms with E-state index in [1.54, 1.807) is 0 Å². The lowest BCUT2D eigenvalue weighted by Gasteiger charge is -2.39. The quantitative estimate of drug-likeness (QED) is 0.790. The Morgan fingerprint density at radius 2 is 2.00 bits per heavy atom. The molecule has 1 aliphatic heterocycles. The second-order valence-corrected chi connectivity index (χ2v) is 5.69. The molecule has 4 nitrogen and oxygen atoms in total. The van der Waals surface area contributed by atoms with Gasteiger partial charge in [0.25, 0.3) is 0 Å². The zero-order valence-electron chi connectivity index (χ0n) is 11.4. The Bertz CT molecular complexity index is 251. The second-order valence-electron chi connectivity index (χ2n) is 5.69. The molecular formula is C12H25ClN2O2. The maximum atomic E-state index is 12.0. The molecule has 1 atom stereocenters. The zero-order valence-corrected chi connectivity index (χ0v) is 12.3. The number of nitrogens with one attached hydrogen (secondary N) is 1. The minimum absolute atomic E-state index is 0. The van der Waals surface area contributed by atoms with E-state index < -0.39 is 5.60 Å². The van der Waals surface area contributed by atoms with Crippen molar-refractivity contribution in [3.8, 4) is 0 Å². The Hall–Kier alpha value is -0.480. The SMILES string of the molecule is CC(C)C1CNCCN1C(=O)OC(C)(C)C.Cl. The molecule has 1 fully saturated rings. The van der Waals surface area contributed by atoms with Gasteiger partial charge in [-0.3, -0.25) is 0 Å². The van der Waals surface area contributed by atoms with Crippen molar-refractivity contribution in [1.29, 1.82) is 0 Å². The lowest BCUT2D eigenvalue weighted by molar-refractivity contribution is 0.00652. The maximum absolute atomic E-state index is 12.0. The summed E-state index contributed by atoms with van der Waals surface area (Å²) in [5.74, 6) is 0.445. The van der Waals surface area contributed by atoms with Gasteiger partial charge in [-0.2, -0.15) is 0 Å². The number of hydrogen-bond acceptors (Lipinski definition) is 3. The van der Waals surface area contributed by atoms with Crippen LogP contribution < -0.4 is 5.32 Å². The molecule has 0 aromatic carbocycles. The number of carbonyl (C=O) groups excluding carboxylic acids is 1. The number of amides is 1. The van der Waals surface area contributed by atoms with Crippen molar-refractivity contribution < 1.29 is 9.53 Å². The summed E-state index contributed by atoms with van der Waals surface area (Å²) < 4.78 is 5.42. The van der Waals surface area contributed by atoms with Crippen LogP contribution >= 0.6 is 12.4 Å². The molecule has 17 heavy (non-hydrogen) atoms. The predicted octanol–water partition coefficient (Wildman–Crippen LogP) is 2.27. The van der Waals surface area contributed by atoms with Gasteiger partial charge in [0.05, 0.1) is 0 Å². The molecule has 0 aromatic rings. The normalized spacial score (nSPS) is 21.1. The number of hydrogen-bond donors (Lipinski definition) is 1. The van der Waals surface area contributed by atoms with Gasteiger partial charge in [0.1, 0.15) is 5.60 Å². The third-order valence-electron chi connectivity index (χ3n) is 2.68. The molecule has 102 valence electrons. The first kappa shape index (κ1) is 16.5. The monoisotopic (exact) mass is 264 g/mol. The number of rotatable bonds is 1. The van der Waals surface area contributed by atoms with Gasteiger partial charge < -0.3 is 15.0 Å². The number of ether oxygens (including phenoxy) is 1. The van der Waals surface area contributed by atoms with Crippen LogP contribution in [0.25, 0.3) is 0 Å². The third kappa shape index (κ3) is 5.13. The molecule has 0 saturated carbocycles. The minimum Gasteiger partial charge on any atom is -0.444 e. The Kier molecular flexibility index (Phi) is 6.27. The van der Waals surface area contributed by atoms with Crippen LogP contribution in [0.15, 0.2) is 0 Å². The fraction of sp³-hybridized carbons (Fsp3) is 0.917. The summed E-state index contributed by atoms with van der Waals surface area (Å²) in [6.07, 6.45) is -0.187. The topological polar surface area (TPSA) is 41.6 Å². The summed E-state index contributed by atoms with van der Waals surface area (Å²) >= 11 is 0. The lowest BCUT2D eigenvalue weighted by Crippen LogP contribution is -2.56. The minimum atomic E-state index is -0.413. The maximum Gasteiger partial charge on any atom is 0.410 e. The van der Waals surface area contributed by atoms with E-state index in [-0.39, 0.29) is 24.5 Å². The number of halogens is 1. The van der Waals surface area contributed by atoms with Crippen molar-refractivity contribution in [2.75, 3.05) is 19.6 Å². The summed E-state index contributed by atoms with van der Waals surface area (Å²) in [6, 6.07) is 0.239. The molecule has 0 spiro atoms. The molecule has 0 aliphatic carbocycles. The van der Waals surface area contributed by atoms with Crippen molar-refractivity contribution in [2.45, 2.75) is 46.3 Å². The molecule has 1 rings (SSSR count). The number of nitrogens with zero attached hydrogens (tertiary/aromatic N) is 1. The van der Waals surface area contributed by atoms with Crippen molar-refractivity contribution in [2.24, 2.45) is 5.92 Å². The Balaban J connectivity index is 0.00000256. The van der Waals surface area contributed by atoms with Crippen LogP contribution in [-0.2, 0) is 4.74 Å². The second kappa shape index (κ2) is 6.45. The highest BCUT2D eigenvalue weighted by molar-refractivity contribution is 5.85. The van der Waals surface area contributed by atoms with Crippen LogP contribution in [0.2, 0.25) is 0 Å². The summed E-state index contributed by atoms with van der Waals surface area (Å²) in [7, 11) is 0. The summed E-state index contributed by atoms with van der Waals surface area (Å²) in [6.45, 7) is 12.4. The highest BCUT2D eigenvalue weighted by Gasteiger charge is 2.31. The lowest BCUT2D eigenvalue weighted by atomic mass is 10.0. The van der Waals surface area contributed by atoms with Crippen LogP contribution in [0.5, 0.6) is 0 Å². The highest BCUT2D eigenvalue weighted by atomic mass is 35.5. The van der Waals surface area contributed by atoms with Gasteiger partial charge in [0, 0.05) is 25.7 Å². The fourth-order valence-corrected chi connectivity index (χ4v) is 1.87. The van der Waals surface area contributed by atoms with Gasteiger partial charge in [-0.1, -0.05) is 13.8 Å². The van der Waals surface area contributed by atoms with Gasteiger partial charge in [0.2, 0.25) is 0 Å². The molecule has 1 heterocycles. The van der Waals surface area contributed by atoms with E-state index in [4.69, 9.17) is 4.74 Å². The Morgan fingerprint density at radius 1 is 1.41 bits per heavy atom. The summed E-state index contributed by atoms with van der Waals surface area (Å²) in [5, 5.41) is 3.31. The fourth-order valence-electron chi connectivity index (χ4n) is 1.87. The summed E-state index contributed by atoms with van der Waals surface area (Å²) in [5.41, 5.74) is -0.413. The van der Waals surface area contributed by atoms with Gasteiger partial charge in [-0.15, -0.1) is 12.4 Å². The Labute approximate surface area is 110 Å². The largest absolute Gasteiger partial charge is 0.444 e. The molecule has 1 N–H and O–H groups in total. The van der Waals surface area contributed by atoms with E-state index in [0.29, 0.717) is 5.92 Å². The predicted molar refractivity (Wildman–Crippen MR) is 71.7 cm³/mol. The van der Waals surface area contributed by atoms with Crippen molar-refractivity contribution >= 4 is 18.5 Å². The van der Waals surface area contributed by atoms with Crippen LogP contribution in [0.4, 0.5) is 4.79 Å². The molecular weight excluding hydrogens is 240 g/mol. The molecule has 1 unspecified atom stereocenters. The van der Waals surface area contributed by atoms with Crippen molar-refractivity contribution in [3.63, 3.8) is 0 Å². The van der Waals surface area contributed by atoms with E-state index >= 15 is 0 Å². The third-order valence-corrected chi connectivity index (χ3v) is 2.68. The van der Waals surface area contributed by atoms with Crippen LogP contribution in [0.3, 0.4) is 0 Å². The number of carbonyl (C=O) groups is 1. The molecule has 5 heteroatoms. The van der Waals surface area contributed by atoms with Crippen molar-refractivity contribution in [1.82, 2.24) is 10.2 Å². The average Bonchev–Trinajstić information content (AvgIpc) is 2.15. The van der Waals surface area contributed by atoms with Gasteiger partial charge in [0.15, 0.2) is 0 Å². The van der Waals surface area contributed by atoms with Gasteiger partial charge in [-0.25, -0.2) is 4.79 Å². The molecule has 0 aromatic heterocycles. The molecule has 0 radical (unpaired) electrons. The first-order valence-electron chi connectivity index (χ1n) is 6.01. The smallest absolute Gasteiger partial charge is 0.410 e. The first-order chi connectivity index (χ1) is 7.31. The summed E-state index contributed by atoms with van der Waals surface area (Å²) in [4.78, 5) is 13.9. The van der Waals surface area contributed by atoms with E-state index in [0.717, 1.165) is 19.6 Å². The van der Waals surface area contributed by atoms with Crippen molar-refractivity contribution in [3.05, 3.63) is 0 Å².